The summed E-state index contributed by atoms with van der Waals surface area (Å²) in [4.78, 5) is 12.2. The van der Waals surface area contributed by atoms with Crippen LogP contribution in [0.4, 0.5) is 11.4 Å². The zero-order chi connectivity index (χ0) is 54.6. The summed E-state index contributed by atoms with van der Waals surface area (Å²) in [5.41, 5.74) is 20.6. The van der Waals surface area contributed by atoms with Crippen molar-refractivity contribution < 1.29 is 0 Å². The van der Waals surface area contributed by atoms with Crippen LogP contribution in [0.15, 0.2) is 94.9 Å². The lowest BCUT2D eigenvalue weighted by Gasteiger charge is -2.34. The fourth-order valence-corrected chi connectivity index (χ4v) is 31.8. The van der Waals surface area contributed by atoms with Gasteiger partial charge in [-0.1, -0.05) is 60.7 Å². The van der Waals surface area contributed by atoms with Crippen LogP contribution in [0.3, 0.4) is 0 Å². The third-order valence-corrected chi connectivity index (χ3v) is 32.2. The predicted octanol–water partition coefficient (Wildman–Crippen LogP) is 22.0. The van der Waals surface area contributed by atoms with Crippen molar-refractivity contribution in [1.82, 2.24) is 0 Å². The smallest absolute Gasteiger partial charge is 0.0625 e. The van der Waals surface area contributed by atoms with Crippen LogP contribution < -0.4 is 0 Å². The van der Waals surface area contributed by atoms with Crippen molar-refractivity contribution >= 4 is 272 Å². The molecule has 27 aromatic rings. The molecule has 4 spiro atoms. The molecule has 14 aliphatic rings. The lowest BCUT2D eigenvalue weighted by Crippen LogP contribution is -2.28. The van der Waals surface area contributed by atoms with Crippen molar-refractivity contribution in [2.24, 2.45) is 20.8 Å². The summed E-state index contributed by atoms with van der Waals surface area (Å²) in [6.45, 7) is 0. The molecule has 0 N–H and O–H groups in total. The van der Waals surface area contributed by atoms with Crippen LogP contribution in [0, 0.1) is 10.8 Å². The molecule has 12 bridgehead atoms. The number of aryl methyl sites for hydroxylation is 2. The van der Waals surface area contributed by atoms with E-state index < -0.39 is 0 Å². The van der Waals surface area contributed by atoms with Crippen molar-refractivity contribution in [3.05, 3.63) is 141 Å². The monoisotopic (exact) mass is 1110 g/mol. The van der Waals surface area contributed by atoms with Crippen LogP contribution in [0.1, 0.15) is 81.3 Å². The Kier molecular flexibility index (Phi) is 3.69. The van der Waals surface area contributed by atoms with E-state index in [-0.39, 0.29) is 32.5 Å². The first-order chi connectivity index (χ1) is 44.8. The first-order valence-corrected chi connectivity index (χ1v) is 34.1. The highest BCUT2D eigenvalue weighted by molar-refractivity contribution is 6.79. The maximum Gasteiger partial charge on any atom is 0.0625 e. The molecule has 2 fully saturated rings. The van der Waals surface area contributed by atoms with Crippen LogP contribution in [0.25, 0.3) is 259 Å². The van der Waals surface area contributed by atoms with Gasteiger partial charge in [-0.3, -0.25) is 9.98 Å². The van der Waals surface area contributed by atoms with Gasteiger partial charge in [-0.2, -0.15) is 0 Å². The van der Waals surface area contributed by atoms with Gasteiger partial charge < -0.3 is 0 Å². The van der Waals surface area contributed by atoms with Crippen molar-refractivity contribution in [3.8, 4) is 11.1 Å². The van der Waals surface area contributed by atoms with Crippen molar-refractivity contribution in [2.45, 2.75) is 60.2 Å². The van der Waals surface area contributed by atoms with Crippen LogP contribution >= 0.6 is 0 Å². The highest BCUT2D eigenvalue weighted by atomic mass is 15.0. The normalized spacial score (nSPS) is 28.4. The van der Waals surface area contributed by atoms with Gasteiger partial charge in [0.25, 0.3) is 0 Å². The van der Waals surface area contributed by atoms with Crippen LogP contribution in [-0.4, -0.2) is 12.4 Å². The van der Waals surface area contributed by atoms with Gasteiger partial charge in [0, 0.05) is 44.9 Å². The molecule has 0 heterocycles. The van der Waals surface area contributed by atoms with Gasteiger partial charge in [-0.25, -0.2) is 0 Å². The van der Waals surface area contributed by atoms with E-state index in [1.54, 1.807) is 303 Å². The van der Waals surface area contributed by atoms with Gasteiger partial charge in [-0.15, -0.1) is 0 Å². The molecular formula is C88H28N2. The molecule has 3 unspecified atom stereocenters. The number of hydrogen-bond donors (Lipinski definition) is 0. The Hall–Kier alpha value is -10.3. The topological polar surface area (TPSA) is 24.7 Å². The maximum atomic E-state index is 6.11. The second-order valence-electron chi connectivity index (χ2n) is 32.7. The standard InChI is InChI=1S/C88H28N2/c1-3-11-25(12-4-1)89-21-83-19-7-9-23-15-17-24(18-16-23)10-8-20-84(22-90-26-13-5-2-6-14-26)86-77-63-55-44-36-29-27-28-30-35(29)48(55)56-45-37(30)34-39-32(28)41-40-31(27)38-33(36)42-49-57-46(38)51(40)61-62-52(41)47(39)58-50-43(34)54(45)66-70-60(50)72-68(58)76(62)85(83)75(61)67(57)71-59(49)69(65(77)53(42)44)79(86)73-74(82(72)88(83,85)81(71)73)80(70)87(84,86)78(66)64(56)63/h1-6,11-18,21-22H,7-10,19-20H2. The molecule has 27 aromatic carbocycles. The second kappa shape index (κ2) is 9.01. The summed E-state index contributed by atoms with van der Waals surface area (Å²) >= 11 is 0. The van der Waals surface area contributed by atoms with Crippen LogP contribution in [0.2, 0.25) is 0 Å². The minimum Gasteiger partial charge on any atom is -0.261 e. The van der Waals surface area contributed by atoms with Gasteiger partial charge in [0.2, 0.25) is 0 Å². The Balaban J connectivity index is 0.958. The molecule has 90 heavy (non-hydrogen) atoms. The van der Waals surface area contributed by atoms with Crippen molar-refractivity contribution in [3.63, 3.8) is 0 Å². The first kappa shape index (κ1) is 36.9. The lowest BCUT2D eigenvalue weighted by atomic mass is 9.66. The number of rotatable bonds is 4. The van der Waals surface area contributed by atoms with E-state index in [0.29, 0.717) is 0 Å². The van der Waals surface area contributed by atoms with Gasteiger partial charge in [-0.05, 0) is 377 Å². The molecule has 14 aliphatic carbocycles. The maximum absolute atomic E-state index is 6.11. The molecular weight excluding hydrogens is 1080 g/mol. The number of benzene rings is 19. The molecule has 390 valence electrons. The van der Waals surface area contributed by atoms with Crippen LogP contribution in [-0.2, 0) is 34.5 Å². The number of para-hydroxylation sites is 2. The minimum atomic E-state index is -0.365. The quantitative estimate of drug-likeness (QED) is 0.124. The molecule has 3 atom stereocenters. The molecule has 0 radical (unpaired) electrons. The minimum absolute atomic E-state index is 0.352. The molecule has 0 saturated heterocycles. The molecule has 2 heteroatoms. The van der Waals surface area contributed by atoms with E-state index >= 15 is 0 Å². The lowest BCUT2D eigenvalue weighted by molar-refractivity contribution is 0.519. The summed E-state index contributed by atoms with van der Waals surface area (Å²) in [5.74, 6) is 0. The molecule has 41 rings (SSSR count). The fraction of sp³-hybridized carbons (Fsp3) is 0.136. The third-order valence-electron chi connectivity index (χ3n) is 32.2. The highest BCUT2D eigenvalue weighted by Gasteiger charge is 2.98. The molecule has 0 aromatic heterocycles. The second-order valence-corrected chi connectivity index (χ2v) is 32.7. The highest BCUT2D eigenvalue weighted by Crippen LogP contribution is 3.02. The van der Waals surface area contributed by atoms with Crippen LogP contribution in [0.5, 0.6) is 0 Å². The van der Waals surface area contributed by atoms with Crippen molar-refractivity contribution in [1.29, 1.82) is 0 Å². The van der Waals surface area contributed by atoms with Gasteiger partial charge in [0.15, 0.2) is 0 Å². The number of nitrogens with zero attached hydrogens (tertiary/aromatic N) is 2. The Morgan fingerprint density at radius 1 is 0.222 bits per heavy atom. The average molecular weight is 1110 g/mol. The Morgan fingerprint density at radius 3 is 0.678 bits per heavy atom. The summed E-state index contributed by atoms with van der Waals surface area (Å²) in [6, 6.07) is 32.7. The van der Waals surface area contributed by atoms with E-state index in [9.17, 15) is 0 Å². The van der Waals surface area contributed by atoms with Gasteiger partial charge >= 0.3 is 0 Å². The van der Waals surface area contributed by atoms with E-state index in [4.69, 9.17) is 9.98 Å². The van der Waals surface area contributed by atoms with Gasteiger partial charge in [0.05, 0.1) is 11.4 Å². The first-order valence-electron chi connectivity index (χ1n) is 34.1. The van der Waals surface area contributed by atoms with E-state index in [0.717, 1.165) is 49.9 Å². The molecule has 2 saturated carbocycles. The van der Waals surface area contributed by atoms with E-state index in [2.05, 4.69) is 97.4 Å². The predicted molar refractivity (Wildman–Crippen MR) is 372 cm³/mol. The zero-order valence-corrected chi connectivity index (χ0v) is 47.4. The fourth-order valence-electron chi connectivity index (χ4n) is 31.8. The Labute approximate surface area is 501 Å². The van der Waals surface area contributed by atoms with E-state index in [1.807, 2.05) is 0 Å². The summed E-state index contributed by atoms with van der Waals surface area (Å²) < 4.78 is 0. The van der Waals surface area contributed by atoms with Crippen molar-refractivity contribution in [2.75, 3.05) is 0 Å². The third kappa shape index (κ3) is 2.16. The Bertz CT molecular complexity index is 8190. The largest absolute Gasteiger partial charge is 0.261 e. The number of hydrogen-bond acceptors (Lipinski definition) is 2. The van der Waals surface area contributed by atoms with Gasteiger partial charge in [0.1, 0.15) is 0 Å². The molecule has 2 nitrogen and oxygen atoms in total. The average Bonchev–Trinajstić information content (AvgIpc) is 1.34. The molecule has 0 amide bonds. The SMILES string of the molecule is C(=Nc1ccccc1)C12CCCc3ccc(cc3)CCCC3(C=Nc4ccccc4)C45c6c7c8c9c%10c%11c%12c%13c%14c%15c%16c(c-7c4c4c7c%17c%18c%19c(c%20c6c9c6c%20c9c%19c%19c%20c%18c%18c7c(c4%16)c4c%15c7c%13c%13c%12c%12c%10c6c6c9c%19c9c(c%126)c%13c6c7c4c%18c%20c69)C%1735)C%141C8%112. The summed E-state index contributed by atoms with van der Waals surface area (Å²) in [5, 5.41) is 76.9. The summed E-state index contributed by atoms with van der Waals surface area (Å²) in [6.07, 6.45) is 12.0. The number of aliphatic imine (C=N–C) groups is 2. The Morgan fingerprint density at radius 2 is 0.422 bits per heavy atom. The zero-order valence-electron chi connectivity index (χ0n) is 47.4. The molecule has 0 aliphatic heterocycles. The van der Waals surface area contributed by atoms with E-state index in [1.165, 1.54) is 11.1 Å². The summed E-state index contributed by atoms with van der Waals surface area (Å²) in [7, 11) is 0.